The number of pyridine rings is 1. The number of benzene rings is 1. The molecule has 6 heteroatoms. The van der Waals surface area contributed by atoms with E-state index in [-0.39, 0.29) is 18.6 Å². The average Bonchev–Trinajstić information content (AvgIpc) is 3.13. The fourth-order valence-electron chi connectivity index (χ4n) is 3.47. The van der Waals surface area contributed by atoms with Crippen molar-refractivity contribution >= 4 is 11.9 Å². The number of fused-ring (bicyclic) bond motifs is 1. The molecule has 4 rings (SSSR count). The number of rotatable bonds is 6. The van der Waals surface area contributed by atoms with Gasteiger partial charge in [-0.3, -0.25) is 15.1 Å². The van der Waals surface area contributed by atoms with Crippen LogP contribution in [0.2, 0.25) is 0 Å². The van der Waals surface area contributed by atoms with Crippen LogP contribution in [0.3, 0.4) is 0 Å². The Morgan fingerprint density at radius 3 is 2.93 bits per heavy atom. The van der Waals surface area contributed by atoms with Gasteiger partial charge in [-0.25, -0.2) is 4.98 Å². The smallest absolute Gasteiger partial charge is 0.252 e. The Hall–Kier alpha value is -2.99. The maximum atomic E-state index is 12.4. The van der Waals surface area contributed by atoms with E-state index in [1.54, 1.807) is 18.6 Å². The molecule has 1 atom stereocenters. The number of aromatic nitrogens is 3. The molecule has 0 aliphatic heterocycles. The third-order valence-corrected chi connectivity index (χ3v) is 4.80. The highest BCUT2D eigenvalue weighted by Gasteiger charge is 2.21. The largest absolute Gasteiger partial charge is 0.364 e. The number of anilines is 1. The van der Waals surface area contributed by atoms with Gasteiger partial charge in [0.1, 0.15) is 6.61 Å². The van der Waals surface area contributed by atoms with Crippen molar-refractivity contribution in [1.82, 2.24) is 14.5 Å². The topological polar surface area (TPSA) is 69.0 Å². The summed E-state index contributed by atoms with van der Waals surface area (Å²) in [5, 5.41) is 2.85. The Bertz CT molecular complexity index is 907. The zero-order valence-corrected chi connectivity index (χ0v) is 15.0. The molecule has 2 heterocycles. The summed E-state index contributed by atoms with van der Waals surface area (Å²) in [6, 6.07) is 12.2. The minimum Gasteiger partial charge on any atom is -0.364 e. The second-order valence-corrected chi connectivity index (χ2v) is 6.67. The van der Waals surface area contributed by atoms with E-state index in [0.717, 1.165) is 24.8 Å². The van der Waals surface area contributed by atoms with Gasteiger partial charge in [0.2, 0.25) is 5.95 Å². The molecule has 138 valence electrons. The van der Waals surface area contributed by atoms with Gasteiger partial charge in [-0.1, -0.05) is 24.3 Å². The van der Waals surface area contributed by atoms with Crippen molar-refractivity contribution < 1.29 is 9.53 Å². The fourth-order valence-corrected chi connectivity index (χ4v) is 3.47. The van der Waals surface area contributed by atoms with E-state index in [1.807, 2.05) is 29.0 Å². The number of aryl methyl sites for hydroxylation is 1. The molecule has 1 N–H and O–H groups in total. The molecule has 0 bridgehead atoms. The summed E-state index contributed by atoms with van der Waals surface area (Å²) in [7, 11) is 0. The number of imidazole rings is 1. The summed E-state index contributed by atoms with van der Waals surface area (Å²) in [6.07, 6.45) is 10.1. The maximum absolute atomic E-state index is 12.4. The van der Waals surface area contributed by atoms with Gasteiger partial charge in [-0.15, -0.1) is 0 Å². The maximum Gasteiger partial charge on any atom is 0.252 e. The number of hydrogen-bond acceptors (Lipinski definition) is 4. The first kappa shape index (κ1) is 17.4. The molecule has 1 amide bonds. The Kier molecular flexibility index (Phi) is 5.25. The van der Waals surface area contributed by atoms with E-state index >= 15 is 0 Å². The van der Waals surface area contributed by atoms with E-state index in [2.05, 4.69) is 33.5 Å². The number of hydrogen-bond donors (Lipinski definition) is 1. The van der Waals surface area contributed by atoms with Crippen molar-refractivity contribution in [3.8, 4) is 0 Å². The lowest BCUT2D eigenvalue weighted by atomic mass is 9.89. The quantitative estimate of drug-likeness (QED) is 0.730. The van der Waals surface area contributed by atoms with E-state index in [4.69, 9.17) is 4.74 Å². The molecule has 2 aromatic heterocycles. The summed E-state index contributed by atoms with van der Waals surface area (Å²) in [5.41, 5.74) is 3.62. The van der Waals surface area contributed by atoms with Gasteiger partial charge in [0.15, 0.2) is 0 Å². The molecule has 0 saturated carbocycles. The molecule has 0 saturated heterocycles. The van der Waals surface area contributed by atoms with Crippen molar-refractivity contribution in [1.29, 1.82) is 0 Å². The lowest BCUT2D eigenvalue weighted by molar-refractivity contribution is -0.123. The van der Waals surface area contributed by atoms with Gasteiger partial charge in [0.05, 0.1) is 12.6 Å². The highest BCUT2D eigenvalue weighted by molar-refractivity contribution is 5.90. The summed E-state index contributed by atoms with van der Waals surface area (Å²) < 4.78 is 7.81. The predicted octanol–water partition coefficient (Wildman–Crippen LogP) is 3.36. The van der Waals surface area contributed by atoms with Crippen LogP contribution in [0.1, 0.15) is 35.6 Å². The van der Waals surface area contributed by atoms with Crippen LogP contribution >= 0.6 is 0 Å². The van der Waals surface area contributed by atoms with Crippen molar-refractivity contribution in [2.24, 2.45) is 0 Å². The van der Waals surface area contributed by atoms with Crippen molar-refractivity contribution in [2.75, 3.05) is 11.9 Å². The zero-order valence-electron chi connectivity index (χ0n) is 15.0. The molecule has 1 aliphatic rings. The number of amides is 1. The molecule has 1 unspecified atom stereocenters. The van der Waals surface area contributed by atoms with Gasteiger partial charge in [-0.2, -0.15) is 0 Å². The first-order valence-electron chi connectivity index (χ1n) is 9.19. The lowest BCUT2D eigenvalue weighted by Gasteiger charge is -2.25. The standard InChI is InChI=1S/C21H22N4O2/c26-20(15-27-19-7-3-5-17-4-1-2-6-18(17)19)24-21-23-12-13-25(21)14-16-8-10-22-11-9-16/h1-2,4,6,8-13,19H,3,5,7,14-15H2,(H,23,24,26). The van der Waals surface area contributed by atoms with E-state index in [9.17, 15) is 4.79 Å². The normalized spacial score (nSPS) is 15.9. The molecule has 0 spiro atoms. The molecular weight excluding hydrogens is 340 g/mol. The van der Waals surface area contributed by atoms with Gasteiger partial charge >= 0.3 is 0 Å². The number of carbonyl (C=O) groups is 1. The van der Waals surface area contributed by atoms with Crippen LogP contribution in [0.4, 0.5) is 5.95 Å². The zero-order chi connectivity index (χ0) is 18.5. The van der Waals surface area contributed by atoms with E-state index in [0.29, 0.717) is 12.5 Å². The molecule has 1 aliphatic carbocycles. The van der Waals surface area contributed by atoms with Gasteiger partial charge < -0.3 is 9.30 Å². The average molecular weight is 362 g/mol. The van der Waals surface area contributed by atoms with Gasteiger partial charge in [0.25, 0.3) is 5.91 Å². The number of nitrogens with zero attached hydrogens (tertiary/aromatic N) is 3. The second-order valence-electron chi connectivity index (χ2n) is 6.67. The Morgan fingerprint density at radius 1 is 1.19 bits per heavy atom. The van der Waals surface area contributed by atoms with Crippen LogP contribution in [0.15, 0.2) is 61.2 Å². The van der Waals surface area contributed by atoms with Crippen LogP contribution < -0.4 is 5.32 Å². The van der Waals surface area contributed by atoms with Crippen LogP contribution in [0.25, 0.3) is 0 Å². The Labute approximate surface area is 158 Å². The third-order valence-electron chi connectivity index (χ3n) is 4.80. The summed E-state index contributed by atoms with van der Waals surface area (Å²) in [4.78, 5) is 20.6. The van der Waals surface area contributed by atoms with Crippen molar-refractivity contribution in [3.05, 3.63) is 77.9 Å². The Morgan fingerprint density at radius 2 is 2.04 bits per heavy atom. The highest BCUT2D eigenvalue weighted by atomic mass is 16.5. The molecule has 3 aromatic rings. The lowest BCUT2D eigenvalue weighted by Crippen LogP contribution is -2.23. The SMILES string of the molecule is O=C(COC1CCCc2ccccc21)Nc1nccn1Cc1ccncc1. The predicted molar refractivity (Wildman–Crippen MR) is 102 cm³/mol. The molecular formula is C21H22N4O2. The van der Waals surface area contributed by atoms with Crippen LogP contribution in [-0.4, -0.2) is 27.0 Å². The minimum atomic E-state index is -0.194. The number of carbonyl (C=O) groups excluding carboxylic acids is 1. The molecule has 27 heavy (non-hydrogen) atoms. The fraction of sp³-hybridized carbons (Fsp3) is 0.286. The summed E-state index contributed by atoms with van der Waals surface area (Å²) >= 11 is 0. The number of ether oxygens (including phenoxy) is 1. The van der Waals surface area contributed by atoms with Crippen molar-refractivity contribution in [2.45, 2.75) is 31.9 Å². The monoisotopic (exact) mass is 362 g/mol. The minimum absolute atomic E-state index is 0.0150. The van der Waals surface area contributed by atoms with Crippen LogP contribution in [-0.2, 0) is 22.5 Å². The van der Waals surface area contributed by atoms with E-state index in [1.165, 1.54) is 11.1 Å². The van der Waals surface area contributed by atoms with Crippen molar-refractivity contribution in [3.63, 3.8) is 0 Å². The van der Waals surface area contributed by atoms with E-state index < -0.39 is 0 Å². The van der Waals surface area contributed by atoms with Gasteiger partial charge in [-0.05, 0) is 48.1 Å². The molecule has 6 nitrogen and oxygen atoms in total. The van der Waals surface area contributed by atoms with Crippen LogP contribution in [0, 0.1) is 0 Å². The summed E-state index contributed by atoms with van der Waals surface area (Å²) in [6.45, 7) is 0.635. The molecule has 0 fully saturated rings. The van der Waals surface area contributed by atoms with Crippen LogP contribution in [0.5, 0.6) is 0 Å². The molecule has 1 aromatic carbocycles. The van der Waals surface area contributed by atoms with Gasteiger partial charge in [0, 0.05) is 24.8 Å². The highest BCUT2D eigenvalue weighted by Crippen LogP contribution is 2.32. The third kappa shape index (κ3) is 4.23. The first-order valence-corrected chi connectivity index (χ1v) is 9.19. The Balaban J connectivity index is 1.35. The molecule has 0 radical (unpaired) electrons. The number of nitrogens with one attached hydrogen (secondary N) is 1. The second kappa shape index (κ2) is 8.14. The first-order chi connectivity index (χ1) is 13.3. The summed E-state index contributed by atoms with van der Waals surface area (Å²) in [5.74, 6) is 0.324.